The molecule has 2 aliphatic carbocycles. The monoisotopic (exact) mass is 708 g/mol. The zero-order chi connectivity index (χ0) is 36.5. The van der Waals surface area contributed by atoms with Gasteiger partial charge in [0.2, 0.25) is 0 Å². The highest BCUT2D eigenvalue weighted by atomic mass is 15.0. The van der Waals surface area contributed by atoms with Crippen LogP contribution in [-0.4, -0.2) is 9.13 Å². The Bertz CT molecular complexity index is 3200. The molecular formula is C54H32N2. The Balaban J connectivity index is 0.944. The summed E-state index contributed by atoms with van der Waals surface area (Å²) in [5.74, 6) is 0. The maximum Gasteiger partial charge on any atom is 0.0626 e. The molecule has 2 aliphatic rings. The molecule has 0 fully saturated rings. The molecule has 2 aromatic heterocycles. The predicted molar refractivity (Wildman–Crippen MR) is 235 cm³/mol. The van der Waals surface area contributed by atoms with E-state index in [1.54, 1.807) is 0 Å². The first-order valence-corrected chi connectivity index (χ1v) is 19.4. The van der Waals surface area contributed by atoms with E-state index in [-0.39, 0.29) is 0 Å². The van der Waals surface area contributed by atoms with E-state index < -0.39 is 0 Å². The Hall–Kier alpha value is -7.42. The first kappa shape index (κ1) is 30.0. The topological polar surface area (TPSA) is 9.86 Å². The van der Waals surface area contributed by atoms with E-state index in [1.165, 1.54) is 122 Å². The summed E-state index contributed by atoms with van der Waals surface area (Å²) in [5, 5.41) is 7.86. The number of rotatable bonds is 4. The Morgan fingerprint density at radius 2 is 0.625 bits per heavy atom. The largest absolute Gasteiger partial charge is 0.309 e. The van der Waals surface area contributed by atoms with Gasteiger partial charge in [-0.15, -0.1) is 0 Å². The maximum absolute atomic E-state index is 2.45. The van der Waals surface area contributed by atoms with Crippen LogP contribution in [0.25, 0.3) is 122 Å². The Kier molecular flexibility index (Phi) is 5.92. The van der Waals surface area contributed by atoms with Gasteiger partial charge in [0.15, 0.2) is 0 Å². The van der Waals surface area contributed by atoms with Gasteiger partial charge in [-0.2, -0.15) is 0 Å². The molecule has 258 valence electrons. The molecule has 2 heterocycles. The SMILES string of the molecule is c1ccc(-n2c3c(c4ccccc42)-c2ccc(-c4ccc(-c5ccc6c7c(cccc57)-c5c-6c6ccccc6n5-c5ccccc5)cc4)c4cccc-3c24)cc1. The maximum atomic E-state index is 2.45. The van der Waals surface area contributed by atoms with E-state index in [2.05, 4.69) is 203 Å². The molecule has 0 saturated carbocycles. The molecule has 0 amide bonds. The van der Waals surface area contributed by atoms with Crippen LogP contribution in [0.1, 0.15) is 0 Å². The summed E-state index contributed by atoms with van der Waals surface area (Å²) >= 11 is 0. The zero-order valence-electron chi connectivity index (χ0n) is 30.4. The summed E-state index contributed by atoms with van der Waals surface area (Å²) in [5.41, 5.74) is 20.3. The lowest BCUT2D eigenvalue weighted by molar-refractivity contribution is 1.14. The number of nitrogens with zero attached hydrogens (tertiary/aromatic N) is 2. The van der Waals surface area contributed by atoms with Crippen molar-refractivity contribution in [2.75, 3.05) is 0 Å². The molecule has 0 radical (unpaired) electrons. The third-order valence-corrected chi connectivity index (χ3v) is 12.4. The third kappa shape index (κ3) is 3.85. The summed E-state index contributed by atoms with van der Waals surface area (Å²) in [6.45, 7) is 0. The van der Waals surface area contributed by atoms with Crippen LogP contribution in [0.15, 0.2) is 194 Å². The summed E-state index contributed by atoms with van der Waals surface area (Å²) in [4.78, 5) is 0. The number of fused-ring (bicyclic) bond motifs is 10. The van der Waals surface area contributed by atoms with Gasteiger partial charge in [-0.05, 0) is 91.3 Å². The summed E-state index contributed by atoms with van der Waals surface area (Å²) in [6, 6.07) is 71.6. The molecule has 0 spiro atoms. The van der Waals surface area contributed by atoms with Crippen molar-refractivity contribution < 1.29 is 0 Å². The van der Waals surface area contributed by atoms with Gasteiger partial charge in [-0.25, -0.2) is 0 Å². The van der Waals surface area contributed by atoms with Crippen LogP contribution in [0.3, 0.4) is 0 Å². The molecule has 0 bridgehead atoms. The van der Waals surface area contributed by atoms with Crippen LogP contribution in [0.4, 0.5) is 0 Å². The lowest BCUT2D eigenvalue weighted by Crippen LogP contribution is -1.96. The molecule has 2 nitrogen and oxygen atoms in total. The van der Waals surface area contributed by atoms with E-state index >= 15 is 0 Å². The standard InChI is InChI=1S/C54H32N2/c1-3-13-35(14-4-1)55-47-23-9-7-17-41(47)51-43-31-29-37(39-19-11-21-45(49(39)43)53(51)55)33-25-27-34(28-26-33)38-30-32-44-50-40(38)20-12-22-46(50)54-52(44)42-18-8-10-24-48(42)56(54)36-15-5-2-6-16-36/h1-32H. The van der Waals surface area contributed by atoms with E-state index in [0.29, 0.717) is 0 Å². The highest BCUT2D eigenvalue weighted by Crippen LogP contribution is 2.56. The minimum atomic E-state index is 1.19. The molecule has 0 aliphatic heterocycles. The van der Waals surface area contributed by atoms with Crippen LogP contribution < -0.4 is 0 Å². The molecule has 0 unspecified atom stereocenters. The molecule has 2 heteroatoms. The predicted octanol–water partition coefficient (Wildman–Crippen LogP) is 14.5. The molecule has 9 aromatic carbocycles. The summed E-state index contributed by atoms with van der Waals surface area (Å²) in [6.07, 6.45) is 0. The molecule has 0 atom stereocenters. The molecular weight excluding hydrogens is 677 g/mol. The van der Waals surface area contributed by atoms with Crippen molar-refractivity contribution in [3.63, 3.8) is 0 Å². The number of hydrogen-bond acceptors (Lipinski definition) is 0. The fourth-order valence-electron chi connectivity index (χ4n) is 10.2. The van der Waals surface area contributed by atoms with Gasteiger partial charge in [0, 0.05) is 44.4 Å². The van der Waals surface area contributed by atoms with Crippen LogP contribution in [0.2, 0.25) is 0 Å². The second-order valence-electron chi connectivity index (χ2n) is 15.2. The molecule has 0 saturated heterocycles. The third-order valence-electron chi connectivity index (χ3n) is 12.4. The van der Waals surface area contributed by atoms with E-state index in [0.717, 1.165) is 0 Å². The van der Waals surface area contributed by atoms with Crippen molar-refractivity contribution in [2.24, 2.45) is 0 Å². The van der Waals surface area contributed by atoms with Gasteiger partial charge in [-0.3, -0.25) is 0 Å². The van der Waals surface area contributed by atoms with E-state index in [1.807, 2.05) is 0 Å². The van der Waals surface area contributed by atoms with Gasteiger partial charge in [0.1, 0.15) is 0 Å². The number of para-hydroxylation sites is 4. The highest BCUT2D eigenvalue weighted by molar-refractivity contribution is 6.25. The fourth-order valence-corrected chi connectivity index (χ4v) is 10.2. The molecule has 0 N–H and O–H groups in total. The Morgan fingerprint density at radius 3 is 1.07 bits per heavy atom. The van der Waals surface area contributed by atoms with Gasteiger partial charge in [0.05, 0.1) is 22.4 Å². The van der Waals surface area contributed by atoms with Gasteiger partial charge in [-0.1, -0.05) is 158 Å². The van der Waals surface area contributed by atoms with Crippen molar-refractivity contribution in [3.05, 3.63) is 194 Å². The molecule has 56 heavy (non-hydrogen) atoms. The molecule has 13 rings (SSSR count). The van der Waals surface area contributed by atoms with Crippen LogP contribution >= 0.6 is 0 Å². The van der Waals surface area contributed by atoms with Crippen LogP contribution in [0, 0.1) is 0 Å². The summed E-state index contributed by atoms with van der Waals surface area (Å²) < 4.78 is 4.91. The summed E-state index contributed by atoms with van der Waals surface area (Å²) in [7, 11) is 0. The van der Waals surface area contributed by atoms with Crippen LogP contribution in [-0.2, 0) is 0 Å². The van der Waals surface area contributed by atoms with Crippen molar-refractivity contribution >= 4 is 43.4 Å². The fraction of sp³-hybridized carbons (Fsp3) is 0. The minimum absolute atomic E-state index is 1.19. The average molecular weight is 709 g/mol. The number of benzene rings is 9. The molecule has 11 aromatic rings. The first-order valence-electron chi connectivity index (χ1n) is 19.4. The lowest BCUT2D eigenvalue weighted by Gasteiger charge is -2.14. The second-order valence-corrected chi connectivity index (χ2v) is 15.2. The van der Waals surface area contributed by atoms with E-state index in [4.69, 9.17) is 0 Å². The minimum Gasteiger partial charge on any atom is -0.309 e. The lowest BCUT2D eigenvalue weighted by atomic mass is 9.91. The quantitative estimate of drug-likeness (QED) is 0.172. The normalized spacial score (nSPS) is 12.3. The highest BCUT2D eigenvalue weighted by Gasteiger charge is 2.31. The van der Waals surface area contributed by atoms with Crippen LogP contribution in [0.5, 0.6) is 0 Å². The number of hydrogen-bond donors (Lipinski definition) is 0. The van der Waals surface area contributed by atoms with Crippen molar-refractivity contribution in [1.29, 1.82) is 0 Å². The van der Waals surface area contributed by atoms with Crippen molar-refractivity contribution in [3.8, 4) is 78.4 Å². The number of aromatic nitrogens is 2. The zero-order valence-corrected chi connectivity index (χ0v) is 30.4. The van der Waals surface area contributed by atoms with E-state index in [9.17, 15) is 0 Å². The second kappa shape index (κ2) is 11.1. The Labute approximate surface area is 323 Å². The van der Waals surface area contributed by atoms with Gasteiger partial charge >= 0.3 is 0 Å². The van der Waals surface area contributed by atoms with Gasteiger partial charge < -0.3 is 9.13 Å². The Morgan fingerprint density at radius 1 is 0.250 bits per heavy atom. The average Bonchev–Trinajstić information content (AvgIpc) is 3.99. The smallest absolute Gasteiger partial charge is 0.0626 e. The van der Waals surface area contributed by atoms with Gasteiger partial charge in [0.25, 0.3) is 0 Å². The van der Waals surface area contributed by atoms with Crippen molar-refractivity contribution in [1.82, 2.24) is 9.13 Å². The van der Waals surface area contributed by atoms with Crippen molar-refractivity contribution in [2.45, 2.75) is 0 Å². The first-order chi connectivity index (χ1) is 27.8.